The Morgan fingerprint density at radius 3 is 2.45 bits per heavy atom. The van der Waals surface area contributed by atoms with Crippen LogP contribution >= 0.6 is 11.8 Å². The van der Waals surface area contributed by atoms with Gasteiger partial charge in [0, 0.05) is 17.1 Å². The standard InChI is InChI=1S/C15H15F2NOS/c1-2-20-14-6-4-3-5-13(14)18-9-10-7-11(16)15(19)12(17)8-10/h3-8,18-19H,2,9H2,1H3. The van der Waals surface area contributed by atoms with Gasteiger partial charge in [-0.2, -0.15) is 0 Å². The largest absolute Gasteiger partial charge is 0.503 e. The lowest BCUT2D eigenvalue weighted by Gasteiger charge is -2.11. The van der Waals surface area contributed by atoms with E-state index in [2.05, 4.69) is 12.2 Å². The van der Waals surface area contributed by atoms with E-state index in [1.807, 2.05) is 24.3 Å². The van der Waals surface area contributed by atoms with Gasteiger partial charge >= 0.3 is 0 Å². The molecule has 2 nitrogen and oxygen atoms in total. The molecule has 0 aliphatic rings. The summed E-state index contributed by atoms with van der Waals surface area (Å²) in [5, 5.41) is 12.2. The van der Waals surface area contributed by atoms with Gasteiger partial charge < -0.3 is 10.4 Å². The number of aromatic hydroxyl groups is 1. The summed E-state index contributed by atoms with van der Waals surface area (Å²) in [4.78, 5) is 1.09. The lowest BCUT2D eigenvalue weighted by Crippen LogP contribution is -2.02. The van der Waals surface area contributed by atoms with Crippen molar-refractivity contribution in [2.45, 2.75) is 18.4 Å². The van der Waals surface area contributed by atoms with Crippen LogP contribution in [0.3, 0.4) is 0 Å². The number of thioether (sulfide) groups is 1. The average Bonchev–Trinajstić information content (AvgIpc) is 2.44. The van der Waals surface area contributed by atoms with Crippen molar-refractivity contribution >= 4 is 17.4 Å². The minimum absolute atomic E-state index is 0.287. The Bertz CT molecular complexity index is 581. The minimum atomic E-state index is -0.946. The van der Waals surface area contributed by atoms with Crippen LogP contribution in [0.5, 0.6) is 5.75 Å². The van der Waals surface area contributed by atoms with Gasteiger partial charge in [0.2, 0.25) is 0 Å². The summed E-state index contributed by atoms with van der Waals surface area (Å²) in [5.41, 5.74) is 1.36. The molecule has 0 aromatic heterocycles. The van der Waals surface area contributed by atoms with E-state index < -0.39 is 17.4 Å². The van der Waals surface area contributed by atoms with Crippen LogP contribution in [0.1, 0.15) is 12.5 Å². The summed E-state index contributed by atoms with van der Waals surface area (Å²) in [5.74, 6) is -1.88. The van der Waals surface area contributed by atoms with Gasteiger partial charge in [-0.3, -0.25) is 0 Å². The predicted molar refractivity (Wildman–Crippen MR) is 78.2 cm³/mol. The highest BCUT2D eigenvalue weighted by molar-refractivity contribution is 7.99. The van der Waals surface area contributed by atoms with Gasteiger partial charge in [-0.25, -0.2) is 8.78 Å². The second-order valence-corrected chi connectivity index (χ2v) is 5.50. The Morgan fingerprint density at radius 2 is 1.80 bits per heavy atom. The molecule has 0 amide bonds. The van der Waals surface area contributed by atoms with E-state index in [1.54, 1.807) is 11.8 Å². The van der Waals surface area contributed by atoms with Crippen molar-refractivity contribution in [2.24, 2.45) is 0 Å². The molecule has 0 bridgehead atoms. The van der Waals surface area contributed by atoms with Crippen molar-refractivity contribution in [1.82, 2.24) is 0 Å². The highest BCUT2D eigenvalue weighted by Gasteiger charge is 2.09. The average molecular weight is 295 g/mol. The number of phenols is 1. The van der Waals surface area contributed by atoms with Gasteiger partial charge in [0.1, 0.15) is 0 Å². The Kier molecular flexibility index (Phi) is 4.84. The van der Waals surface area contributed by atoms with E-state index in [0.717, 1.165) is 28.5 Å². The van der Waals surface area contributed by atoms with Crippen LogP contribution in [-0.4, -0.2) is 10.9 Å². The van der Waals surface area contributed by atoms with Gasteiger partial charge in [0.15, 0.2) is 17.4 Å². The Hall–Kier alpha value is -1.75. The van der Waals surface area contributed by atoms with E-state index >= 15 is 0 Å². The Balaban J connectivity index is 2.13. The third-order valence-electron chi connectivity index (χ3n) is 2.75. The number of hydrogen-bond acceptors (Lipinski definition) is 3. The molecule has 2 aromatic carbocycles. The number of benzene rings is 2. The molecule has 0 unspecified atom stereocenters. The molecule has 2 aromatic rings. The molecule has 0 aliphatic carbocycles. The maximum Gasteiger partial charge on any atom is 0.187 e. The lowest BCUT2D eigenvalue weighted by molar-refractivity contribution is 0.395. The second kappa shape index (κ2) is 6.61. The molecule has 2 rings (SSSR count). The molecule has 0 heterocycles. The molecule has 0 fully saturated rings. The monoisotopic (exact) mass is 295 g/mol. The van der Waals surface area contributed by atoms with Gasteiger partial charge in [-0.15, -0.1) is 11.8 Å². The van der Waals surface area contributed by atoms with Gasteiger partial charge in [-0.05, 0) is 35.6 Å². The molecule has 0 radical (unpaired) electrons. The molecule has 0 saturated carbocycles. The van der Waals surface area contributed by atoms with Crippen LogP contribution in [0, 0.1) is 11.6 Å². The molecular weight excluding hydrogens is 280 g/mol. The Morgan fingerprint density at radius 1 is 1.15 bits per heavy atom. The van der Waals surface area contributed by atoms with E-state index in [9.17, 15) is 8.78 Å². The summed E-state index contributed by atoms with van der Waals surface area (Å²) in [6, 6.07) is 10.0. The fraction of sp³-hybridized carbons (Fsp3) is 0.200. The van der Waals surface area contributed by atoms with E-state index in [4.69, 9.17) is 5.11 Å². The van der Waals surface area contributed by atoms with Crippen molar-refractivity contribution in [2.75, 3.05) is 11.1 Å². The number of phenolic OH excluding ortho intramolecular Hbond substituents is 1. The lowest BCUT2D eigenvalue weighted by atomic mass is 10.2. The highest BCUT2D eigenvalue weighted by atomic mass is 32.2. The Labute approximate surface area is 120 Å². The molecular formula is C15H15F2NOS. The fourth-order valence-corrected chi connectivity index (χ4v) is 2.59. The number of nitrogens with one attached hydrogen (secondary N) is 1. The van der Waals surface area contributed by atoms with Gasteiger partial charge in [0.05, 0.1) is 0 Å². The predicted octanol–water partition coefficient (Wildman–Crippen LogP) is 4.39. The van der Waals surface area contributed by atoms with Crippen molar-refractivity contribution in [3.8, 4) is 5.75 Å². The third kappa shape index (κ3) is 3.42. The molecule has 20 heavy (non-hydrogen) atoms. The molecule has 106 valence electrons. The summed E-state index contributed by atoms with van der Waals surface area (Å²) in [7, 11) is 0. The van der Waals surface area contributed by atoms with Crippen LogP contribution in [0.25, 0.3) is 0 Å². The molecule has 5 heteroatoms. The van der Waals surface area contributed by atoms with Crippen molar-refractivity contribution in [3.05, 3.63) is 53.6 Å². The maximum absolute atomic E-state index is 13.2. The second-order valence-electron chi connectivity index (χ2n) is 4.19. The summed E-state index contributed by atoms with van der Waals surface area (Å²) < 4.78 is 26.5. The number of halogens is 2. The molecule has 0 spiro atoms. The summed E-state index contributed by atoms with van der Waals surface area (Å²) >= 11 is 1.70. The first-order chi connectivity index (χ1) is 9.61. The number of rotatable bonds is 5. The van der Waals surface area contributed by atoms with E-state index in [-0.39, 0.29) is 6.54 Å². The van der Waals surface area contributed by atoms with Crippen LogP contribution in [-0.2, 0) is 6.54 Å². The van der Waals surface area contributed by atoms with Crippen molar-refractivity contribution < 1.29 is 13.9 Å². The zero-order chi connectivity index (χ0) is 14.5. The minimum Gasteiger partial charge on any atom is -0.503 e. The first kappa shape index (κ1) is 14.7. The number of hydrogen-bond donors (Lipinski definition) is 2. The first-order valence-corrected chi connectivity index (χ1v) is 7.23. The van der Waals surface area contributed by atoms with E-state index in [1.165, 1.54) is 0 Å². The van der Waals surface area contributed by atoms with Crippen LogP contribution in [0.2, 0.25) is 0 Å². The third-order valence-corrected chi connectivity index (χ3v) is 3.70. The van der Waals surface area contributed by atoms with Crippen molar-refractivity contribution in [1.29, 1.82) is 0 Å². The summed E-state index contributed by atoms with van der Waals surface area (Å²) in [6.07, 6.45) is 0. The van der Waals surface area contributed by atoms with Gasteiger partial charge in [0.25, 0.3) is 0 Å². The molecule has 0 atom stereocenters. The van der Waals surface area contributed by atoms with Crippen LogP contribution < -0.4 is 5.32 Å². The topological polar surface area (TPSA) is 32.3 Å². The van der Waals surface area contributed by atoms with E-state index in [0.29, 0.717) is 5.56 Å². The normalized spacial score (nSPS) is 10.6. The smallest absolute Gasteiger partial charge is 0.187 e. The first-order valence-electron chi connectivity index (χ1n) is 6.24. The van der Waals surface area contributed by atoms with Crippen LogP contribution in [0.15, 0.2) is 41.3 Å². The quantitative estimate of drug-likeness (QED) is 0.802. The number of para-hydroxylation sites is 1. The molecule has 0 saturated heterocycles. The number of anilines is 1. The molecule has 0 aliphatic heterocycles. The van der Waals surface area contributed by atoms with Crippen molar-refractivity contribution in [3.63, 3.8) is 0 Å². The highest BCUT2D eigenvalue weighted by Crippen LogP contribution is 2.27. The van der Waals surface area contributed by atoms with Crippen LogP contribution in [0.4, 0.5) is 14.5 Å². The van der Waals surface area contributed by atoms with Gasteiger partial charge in [-0.1, -0.05) is 19.1 Å². The fourth-order valence-electron chi connectivity index (χ4n) is 1.81. The maximum atomic E-state index is 13.2. The SMILES string of the molecule is CCSc1ccccc1NCc1cc(F)c(O)c(F)c1. The summed E-state index contributed by atoms with van der Waals surface area (Å²) in [6.45, 7) is 2.35. The zero-order valence-electron chi connectivity index (χ0n) is 11.0. The zero-order valence-corrected chi connectivity index (χ0v) is 11.8. The molecule has 2 N–H and O–H groups in total.